The Morgan fingerprint density at radius 1 is 0.947 bits per heavy atom. The van der Waals surface area contributed by atoms with Crippen molar-refractivity contribution < 1.29 is 18.7 Å². The summed E-state index contributed by atoms with van der Waals surface area (Å²) >= 11 is 0. The maximum absolute atomic E-state index is 14.4. The summed E-state index contributed by atoms with van der Waals surface area (Å²) in [6, 6.07) is 10.9. The fourth-order valence-corrected chi connectivity index (χ4v) is 5.33. The summed E-state index contributed by atoms with van der Waals surface area (Å²) in [6.07, 6.45) is 0.451. The van der Waals surface area contributed by atoms with Crippen LogP contribution in [0.25, 0.3) is 0 Å². The third kappa shape index (κ3) is 5.65. The number of nitrogens with zero attached hydrogens (tertiary/aromatic N) is 5. The van der Waals surface area contributed by atoms with Crippen LogP contribution in [0.2, 0.25) is 0 Å². The molecule has 0 aliphatic carbocycles. The molecule has 3 aliphatic rings. The number of carbonyl (C=O) groups excluding carboxylic acids is 2. The number of carbonyl (C=O) groups is 2. The largest absolute Gasteiger partial charge is 0.478 e. The van der Waals surface area contributed by atoms with Crippen LogP contribution in [0.15, 0.2) is 36.4 Å². The molecule has 2 fully saturated rings. The molecule has 3 amide bonds. The van der Waals surface area contributed by atoms with E-state index >= 15 is 0 Å². The molecule has 1 unspecified atom stereocenters. The SMILES string of the molecule is CN1CCN(c2cc(F)cc3c2OC(C(=O)Nc2ccc(N4CCN(C(=O)N(C)C)CC4)cc2)CC3)CC1. The first kappa shape index (κ1) is 26.1. The first-order chi connectivity index (χ1) is 18.3. The molecule has 9 nitrogen and oxygen atoms in total. The molecule has 3 heterocycles. The summed E-state index contributed by atoms with van der Waals surface area (Å²) in [7, 11) is 5.62. The summed E-state index contributed by atoms with van der Waals surface area (Å²) in [5.74, 6) is 0.160. The van der Waals surface area contributed by atoms with Crippen molar-refractivity contribution in [3.8, 4) is 5.75 Å². The van der Waals surface area contributed by atoms with Crippen molar-refractivity contribution >= 4 is 29.0 Å². The highest BCUT2D eigenvalue weighted by molar-refractivity contribution is 5.95. The van der Waals surface area contributed by atoms with E-state index in [2.05, 4.69) is 27.1 Å². The second kappa shape index (κ2) is 11.1. The van der Waals surface area contributed by atoms with Crippen LogP contribution in [-0.2, 0) is 11.2 Å². The minimum atomic E-state index is -0.638. The van der Waals surface area contributed by atoms with Crippen molar-refractivity contribution in [1.29, 1.82) is 0 Å². The number of hydrogen-bond donors (Lipinski definition) is 1. The van der Waals surface area contributed by atoms with E-state index in [4.69, 9.17) is 4.74 Å². The van der Waals surface area contributed by atoms with Crippen molar-refractivity contribution in [2.24, 2.45) is 0 Å². The third-order valence-electron chi connectivity index (χ3n) is 7.62. The van der Waals surface area contributed by atoms with Gasteiger partial charge in [-0.3, -0.25) is 4.79 Å². The normalized spacial score (nSPS) is 20.0. The van der Waals surface area contributed by atoms with Gasteiger partial charge in [0.2, 0.25) is 0 Å². The third-order valence-corrected chi connectivity index (χ3v) is 7.62. The fraction of sp³-hybridized carbons (Fsp3) is 0.500. The highest BCUT2D eigenvalue weighted by Gasteiger charge is 2.31. The van der Waals surface area contributed by atoms with Crippen molar-refractivity contribution in [3.05, 3.63) is 47.8 Å². The summed E-state index contributed by atoms with van der Waals surface area (Å²) < 4.78 is 20.6. The van der Waals surface area contributed by atoms with E-state index in [1.54, 1.807) is 19.0 Å². The monoisotopic (exact) mass is 524 g/mol. The molecule has 1 atom stereocenters. The predicted octanol–water partition coefficient (Wildman–Crippen LogP) is 2.71. The van der Waals surface area contributed by atoms with Gasteiger partial charge in [-0.1, -0.05) is 0 Å². The van der Waals surface area contributed by atoms with Gasteiger partial charge in [-0.25, -0.2) is 9.18 Å². The average molecular weight is 525 g/mol. The number of anilines is 3. The van der Waals surface area contributed by atoms with Gasteiger partial charge in [0.1, 0.15) is 11.6 Å². The number of piperazine rings is 2. The minimum absolute atomic E-state index is 0.0380. The molecule has 0 saturated carbocycles. The molecule has 2 aromatic carbocycles. The highest BCUT2D eigenvalue weighted by atomic mass is 19.1. The zero-order valence-electron chi connectivity index (χ0n) is 22.5. The van der Waals surface area contributed by atoms with Crippen LogP contribution >= 0.6 is 0 Å². The van der Waals surface area contributed by atoms with Crippen LogP contribution < -0.4 is 19.9 Å². The number of benzene rings is 2. The van der Waals surface area contributed by atoms with Gasteiger partial charge in [-0.15, -0.1) is 0 Å². The molecule has 2 aromatic rings. The Kier molecular flexibility index (Phi) is 7.60. The van der Waals surface area contributed by atoms with E-state index in [0.29, 0.717) is 37.4 Å². The summed E-state index contributed by atoms with van der Waals surface area (Å²) in [6.45, 7) is 6.25. The average Bonchev–Trinajstić information content (AvgIpc) is 2.93. The zero-order valence-corrected chi connectivity index (χ0v) is 22.5. The van der Waals surface area contributed by atoms with Crippen molar-refractivity contribution in [2.45, 2.75) is 18.9 Å². The number of rotatable bonds is 4. The molecule has 2 saturated heterocycles. The first-order valence-corrected chi connectivity index (χ1v) is 13.3. The quantitative estimate of drug-likeness (QED) is 0.664. The number of likely N-dealkylation sites (N-methyl/N-ethyl adjacent to an activating group) is 1. The number of ether oxygens (including phenoxy) is 1. The number of amides is 3. The van der Waals surface area contributed by atoms with Crippen LogP contribution in [0, 0.1) is 5.82 Å². The number of halogens is 1. The van der Waals surface area contributed by atoms with E-state index in [1.807, 2.05) is 29.2 Å². The number of aryl methyl sites for hydroxylation is 1. The first-order valence-electron chi connectivity index (χ1n) is 13.3. The Labute approximate surface area is 223 Å². The van der Waals surface area contributed by atoms with E-state index in [9.17, 15) is 14.0 Å². The zero-order chi connectivity index (χ0) is 26.8. The smallest absolute Gasteiger partial charge is 0.319 e. The molecule has 38 heavy (non-hydrogen) atoms. The lowest BCUT2D eigenvalue weighted by atomic mass is 9.99. The van der Waals surface area contributed by atoms with Gasteiger partial charge in [0.05, 0.1) is 5.69 Å². The predicted molar refractivity (Wildman–Crippen MR) is 147 cm³/mol. The minimum Gasteiger partial charge on any atom is -0.478 e. The maximum atomic E-state index is 14.4. The van der Waals surface area contributed by atoms with Crippen LogP contribution in [0.3, 0.4) is 0 Å². The topological polar surface area (TPSA) is 71.6 Å². The Morgan fingerprint density at radius 2 is 1.61 bits per heavy atom. The standard InChI is InChI=1S/C28H37FN6O3/c1-31(2)28(37)35-16-14-33(15-17-35)23-7-5-22(6-8-23)30-27(36)25-9-4-20-18-21(29)19-24(26(20)38-25)34-12-10-32(3)11-13-34/h5-8,18-19,25H,4,9-17H2,1-3H3,(H,30,36). The van der Waals surface area contributed by atoms with Gasteiger partial charge in [0.25, 0.3) is 5.91 Å². The summed E-state index contributed by atoms with van der Waals surface area (Å²) in [4.78, 5) is 35.4. The molecule has 1 N–H and O–H groups in total. The van der Waals surface area contributed by atoms with Crippen LogP contribution in [0.4, 0.5) is 26.2 Å². The van der Waals surface area contributed by atoms with Crippen molar-refractivity contribution in [1.82, 2.24) is 14.7 Å². The van der Waals surface area contributed by atoms with E-state index in [1.165, 1.54) is 12.1 Å². The van der Waals surface area contributed by atoms with Gasteiger partial charge in [0.15, 0.2) is 6.10 Å². The van der Waals surface area contributed by atoms with E-state index in [-0.39, 0.29) is 17.8 Å². The molecule has 204 valence electrons. The van der Waals surface area contributed by atoms with Crippen molar-refractivity contribution in [3.63, 3.8) is 0 Å². The number of hydrogen-bond acceptors (Lipinski definition) is 6. The number of fused-ring (bicyclic) bond motifs is 1. The van der Waals surface area contributed by atoms with Gasteiger partial charge in [-0.2, -0.15) is 0 Å². The second-order valence-corrected chi connectivity index (χ2v) is 10.5. The summed E-state index contributed by atoms with van der Waals surface area (Å²) in [5, 5.41) is 2.99. The molecule has 0 radical (unpaired) electrons. The molecule has 0 bridgehead atoms. The molecule has 3 aliphatic heterocycles. The van der Waals surface area contributed by atoms with Crippen LogP contribution in [0.1, 0.15) is 12.0 Å². The number of nitrogens with one attached hydrogen (secondary N) is 1. The van der Waals surface area contributed by atoms with Crippen molar-refractivity contribution in [2.75, 3.05) is 88.6 Å². The summed E-state index contributed by atoms with van der Waals surface area (Å²) in [5.41, 5.74) is 3.32. The van der Waals surface area contributed by atoms with E-state index < -0.39 is 6.10 Å². The van der Waals surface area contributed by atoms with E-state index in [0.717, 1.165) is 56.2 Å². The Bertz CT molecular complexity index is 1160. The molecular weight excluding hydrogens is 487 g/mol. The molecular formula is C28H37FN6O3. The van der Waals surface area contributed by atoms with Gasteiger partial charge in [-0.05, 0) is 55.8 Å². The van der Waals surface area contributed by atoms with Gasteiger partial charge in [0, 0.05) is 83.9 Å². The maximum Gasteiger partial charge on any atom is 0.319 e. The van der Waals surface area contributed by atoms with Gasteiger partial charge < -0.3 is 34.6 Å². The Morgan fingerprint density at radius 3 is 2.26 bits per heavy atom. The fourth-order valence-electron chi connectivity index (χ4n) is 5.33. The molecule has 0 aromatic heterocycles. The second-order valence-electron chi connectivity index (χ2n) is 10.5. The lowest BCUT2D eigenvalue weighted by Crippen LogP contribution is -2.51. The highest BCUT2D eigenvalue weighted by Crippen LogP contribution is 2.39. The van der Waals surface area contributed by atoms with Crippen LogP contribution in [-0.4, -0.2) is 106 Å². The van der Waals surface area contributed by atoms with Gasteiger partial charge >= 0.3 is 6.03 Å². The lowest BCUT2D eigenvalue weighted by molar-refractivity contribution is -0.123. The Hall–Kier alpha value is -3.53. The Balaban J connectivity index is 1.20. The molecule has 5 rings (SSSR count). The molecule has 0 spiro atoms. The molecule has 10 heteroatoms. The van der Waals surface area contributed by atoms with Crippen LogP contribution in [0.5, 0.6) is 5.75 Å². The lowest BCUT2D eigenvalue weighted by Gasteiger charge is -2.37. The number of urea groups is 1.